The van der Waals surface area contributed by atoms with Gasteiger partial charge < -0.3 is 20.4 Å². The van der Waals surface area contributed by atoms with Crippen LogP contribution in [-0.2, 0) is 18.4 Å². The number of urea groups is 1. The van der Waals surface area contributed by atoms with Crippen LogP contribution in [0.5, 0.6) is 0 Å². The number of aryl methyl sites for hydroxylation is 1. The maximum Gasteiger partial charge on any atom is 0.331 e. The first kappa shape index (κ1) is 27.5. The van der Waals surface area contributed by atoms with Gasteiger partial charge in [0, 0.05) is 43.3 Å². The summed E-state index contributed by atoms with van der Waals surface area (Å²) in [5, 5.41) is 10.2. The van der Waals surface area contributed by atoms with Gasteiger partial charge in [0.1, 0.15) is 0 Å². The number of likely N-dealkylation sites (N-methyl/N-ethyl adjacent to an activating group) is 1. The van der Waals surface area contributed by atoms with E-state index in [2.05, 4.69) is 20.7 Å². The lowest BCUT2D eigenvalue weighted by Gasteiger charge is -2.39. The minimum atomic E-state index is -0.251. The summed E-state index contributed by atoms with van der Waals surface area (Å²) >= 11 is 0. The lowest BCUT2D eigenvalue weighted by molar-refractivity contribution is -0.111. The van der Waals surface area contributed by atoms with Crippen molar-refractivity contribution in [3.63, 3.8) is 0 Å². The Morgan fingerprint density at radius 1 is 1.10 bits per heavy atom. The van der Waals surface area contributed by atoms with E-state index in [1.54, 1.807) is 51.2 Å². The molecule has 11 nitrogen and oxygen atoms in total. The van der Waals surface area contributed by atoms with Crippen LogP contribution in [0.15, 0.2) is 85.3 Å². The number of nitrogens with one attached hydrogen (secondary N) is 2. The molecule has 3 amide bonds. The number of hydrogen-bond donors (Lipinski definition) is 2. The van der Waals surface area contributed by atoms with E-state index in [4.69, 9.17) is 4.98 Å². The van der Waals surface area contributed by atoms with Crippen molar-refractivity contribution in [3.05, 3.63) is 96.5 Å². The molecule has 2 aromatic carbocycles. The molecule has 0 fully saturated rings. The van der Waals surface area contributed by atoms with Crippen LogP contribution in [0.25, 0.3) is 0 Å². The van der Waals surface area contributed by atoms with Gasteiger partial charge in [-0.05, 0) is 44.8 Å². The minimum absolute atomic E-state index is 0.197. The summed E-state index contributed by atoms with van der Waals surface area (Å²) in [6.45, 7) is 3.00. The van der Waals surface area contributed by atoms with Crippen LogP contribution >= 0.6 is 0 Å². The zero-order valence-corrected chi connectivity index (χ0v) is 23.5. The number of anilines is 5. The molecular formula is C30H33N9O2. The van der Waals surface area contributed by atoms with Gasteiger partial charge in [0.2, 0.25) is 11.9 Å². The zero-order valence-electron chi connectivity index (χ0n) is 23.5. The highest BCUT2D eigenvalue weighted by molar-refractivity contribution is 6.03. The standard InChI is InChI=1S/C30H33N9O2/c1-21(22-10-6-5-7-11-22)38-19-23-17-31-29(34-25-18-32-37(4)20-25)35-28(23)39(30(38)41)26-13-8-12-24(16-26)33-27(40)14-9-15-36(2)3/h5-14,16-18,20-21H,15,19H2,1-4H3,(H,33,40)(H,31,34,35)/b14-9+/t21-/m1/s1. The fraction of sp³-hybridized carbons (Fsp3) is 0.233. The molecule has 0 aliphatic carbocycles. The third kappa shape index (κ3) is 6.42. The van der Waals surface area contributed by atoms with Crippen molar-refractivity contribution < 1.29 is 9.59 Å². The molecule has 1 aliphatic rings. The Labute approximate surface area is 239 Å². The molecule has 3 heterocycles. The lowest BCUT2D eigenvalue weighted by Crippen LogP contribution is -2.46. The normalized spacial score (nSPS) is 13.9. The predicted molar refractivity (Wildman–Crippen MR) is 159 cm³/mol. The van der Waals surface area contributed by atoms with Crippen molar-refractivity contribution in [2.45, 2.75) is 19.5 Å². The van der Waals surface area contributed by atoms with E-state index in [0.717, 1.165) is 16.8 Å². The van der Waals surface area contributed by atoms with E-state index < -0.39 is 0 Å². The van der Waals surface area contributed by atoms with Gasteiger partial charge in [0.25, 0.3) is 0 Å². The van der Waals surface area contributed by atoms with Crippen LogP contribution in [-0.4, -0.2) is 62.1 Å². The van der Waals surface area contributed by atoms with Crippen molar-refractivity contribution in [2.24, 2.45) is 7.05 Å². The fourth-order valence-corrected chi connectivity index (χ4v) is 4.57. The number of fused-ring (bicyclic) bond motifs is 1. The molecule has 0 saturated carbocycles. The van der Waals surface area contributed by atoms with Crippen LogP contribution in [0.3, 0.4) is 0 Å². The SMILES string of the molecule is C[C@H](c1ccccc1)N1Cc2cnc(Nc3cnn(C)c3)nc2N(c2cccc(NC(=O)/C=C/CN(C)C)c2)C1=O. The Bertz CT molecular complexity index is 1570. The van der Waals surface area contributed by atoms with Gasteiger partial charge in [-0.15, -0.1) is 0 Å². The first-order valence-corrected chi connectivity index (χ1v) is 13.3. The Balaban J connectivity index is 1.50. The average molecular weight is 552 g/mol. The number of carbonyl (C=O) groups is 2. The van der Waals surface area contributed by atoms with Crippen molar-refractivity contribution >= 4 is 40.8 Å². The third-order valence-corrected chi connectivity index (χ3v) is 6.65. The quantitative estimate of drug-likeness (QED) is 0.286. The van der Waals surface area contributed by atoms with Gasteiger partial charge in [-0.3, -0.25) is 9.48 Å². The Hall–Kier alpha value is -5.03. The van der Waals surface area contributed by atoms with E-state index in [0.29, 0.717) is 36.2 Å². The molecule has 41 heavy (non-hydrogen) atoms. The van der Waals surface area contributed by atoms with Gasteiger partial charge in [0.05, 0.1) is 30.2 Å². The van der Waals surface area contributed by atoms with E-state index in [-0.39, 0.29) is 18.0 Å². The molecule has 0 bridgehead atoms. The maximum atomic E-state index is 14.2. The first-order chi connectivity index (χ1) is 19.8. The summed E-state index contributed by atoms with van der Waals surface area (Å²) in [4.78, 5) is 41.3. The monoisotopic (exact) mass is 551 g/mol. The second-order valence-electron chi connectivity index (χ2n) is 10.1. The summed E-state index contributed by atoms with van der Waals surface area (Å²) in [6.07, 6.45) is 8.52. The maximum absolute atomic E-state index is 14.2. The third-order valence-electron chi connectivity index (χ3n) is 6.65. The molecule has 4 aromatic rings. The van der Waals surface area contributed by atoms with Gasteiger partial charge in [-0.1, -0.05) is 42.5 Å². The largest absolute Gasteiger partial charge is 0.331 e. The summed E-state index contributed by atoms with van der Waals surface area (Å²) in [7, 11) is 5.69. The number of benzene rings is 2. The van der Waals surface area contributed by atoms with Crippen molar-refractivity contribution in [3.8, 4) is 0 Å². The number of rotatable bonds is 9. The predicted octanol–water partition coefficient (Wildman–Crippen LogP) is 4.84. The Morgan fingerprint density at radius 2 is 1.90 bits per heavy atom. The number of aromatic nitrogens is 4. The van der Waals surface area contributed by atoms with Gasteiger partial charge >= 0.3 is 6.03 Å². The summed E-state index contributed by atoms with van der Waals surface area (Å²) in [6, 6.07) is 16.7. The molecule has 2 N–H and O–H groups in total. The zero-order chi connectivity index (χ0) is 28.9. The van der Waals surface area contributed by atoms with Crippen LogP contribution in [0, 0.1) is 0 Å². The molecule has 2 aromatic heterocycles. The highest BCUT2D eigenvalue weighted by Crippen LogP contribution is 2.38. The number of amides is 3. The van der Waals surface area contributed by atoms with Crippen molar-refractivity contribution in [1.29, 1.82) is 0 Å². The highest BCUT2D eigenvalue weighted by atomic mass is 16.2. The topological polar surface area (TPSA) is 112 Å². The molecular weight excluding hydrogens is 518 g/mol. The molecule has 0 spiro atoms. The molecule has 11 heteroatoms. The second kappa shape index (κ2) is 12.0. The summed E-state index contributed by atoms with van der Waals surface area (Å²) < 4.78 is 1.68. The molecule has 0 unspecified atom stereocenters. The molecule has 0 saturated heterocycles. The molecule has 1 aliphatic heterocycles. The van der Waals surface area contributed by atoms with Crippen molar-refractivity contribution in [1.82, 2.24) is 29.5 Å². The van der Waals surface area contributed by atoms with Gasteiger partial charge in [-0.25, -0.2) is 14.7 Å². The van der Waals surface area contributed by atoms with E-state index in [1.165, 1.54) is 6.08 Å². The molecule has 1 atom stereocenters. The molecule has 210 valence electrons. The highest BCUT2D eigenvalue weighted by Gasteiger charge is 2.36. The van der Waals surface area contributed by atoms with E-state index in [9.17, 15) is 9.59 Å². The molecule has 0 radical (unpaired) electrons. The minimum Gasteiger partial charge on any atom is -0.322 e. The second-order valence-corrected chi connectivity index (χ2v) is 10.1. The number of hydrogen-bond acceptors (Lipinski definition) is 7. The first-order valence-electron chi connectivity index (χ1n) is 13.3. The van der Waals surface area contributed by atoms with E-state index >= 15 is 0 Å². The van der Waals surface area contributed by atoms with Crippen molar-refractivity contribution in [2.75, 3.05) is 36.2 Å². The molecule has 5 rings (SSSR count). The Morgan fingerprint density at radius 3 is 2.63 bits per heavy atom. The average Bonchev–Trinajstić information content (AvgIpc) is 3.37. The van der Waals surface area contributed by atoms with E-state index in [1.807, 2.05) is 75.6 Å². The van der Waals surface area contributed by atoms with Gasteiger partial charge in [-0.2, -0.15) is 10.1 Å². The fourth-order valence-electron chi connectivity index (χ4n) is 4.57. The van der Waals surface area contributed by atoms with Crippen LogP contribution in [0.4, 0.5) is 33.6 Å². The van der Waals surface area contributed by atoms with Gasteiger partial charge in [0.15, 0.2) is 5.82 Å². The lowest BCUT2D eigenvalue weighted by atomic mass is 10.0. The van der Waals surface area contributed by atoms with Crippen LogP contribution in [0.2, 0.25) is 0 Å². The summed E-state index contributed by atoms with van der Waals surface area (Å²) in [5.74, 6) is 0.566. The van der Waals surface area contributed by atoms with Crippen LogP contribution < -0.4 is 15.5 Å². The summed E-state index contributed by atoms with van der Waals surface area (Å²) in [5.41, 5.74) is 3.68. The Kier molecular flexibility index (Phi) is 8.06. The number of carbonyl (C=O) groups excluding carboxylic acids is 2. The van der Waals surface area contributed by atoms with Crippen LogP contribution in [0.1, 0.15) is 24.1 Å². The smallest absolute Gasteiger partial charge is 0.322 e. The number of nitrogens with zero attached hydrogens (tertiary/aromatic N) is 7.